The van der Waals surface area contributed by atoms with E-state index in [-0.39, 0.29) is 17.7 Å². The number of benzene rings is 1. The number of carboxylic acid groups (broad SMARTS) is 1. The first-order valence-corrected chi connectivity index (χ1v) is 6.17. The van der Waals surface area contributed by atoms with E-state index in [1.165, 1.54) is 38.1 Å². The molecule has 108 valence electrons. The normalized spacial score (nSPS) is 22.1. The fourth-order valence-corrected chi connectivity index (χ4v) is 2.20. The summed E-state index contributed by atoms with van der Waals surface area (Å²) in [5, 5.41) is 11.2. The molecule has 4 nitrogen and oxygen atoms in total. The quantitative estimate of drug-likeness (QED) is 0.891. The molecular weight excluding hydrogens is 268 g/mol. The lowest BCUT2D eigenvalue weighted by molar-refractivity contribution is 0.0659. The fourth-order valence-electron chi connectivity index (χ4n) is 2.20. The van der Waals surface area contributed by atoms with Crippen molar-refractivity contribution in [3.05, 3.63) is 35.4 Å². The van der Waals surface area contributed by atoms with Gasteiger partial charge in [-0.15, -0.1) is 0 Å². The molecule has 2 N–H and O–H groups in total. The van der Waals surface area contributed by atoms with Crippen LogP contribution in [0.3, 0.4) is 0 Å². The van der Waals surface area contributed by atoms with Crippen molar-refractivity contribution in [3.63, 3.8) is 0 Å². The van der Waals surface area contributed by atoms with Crippen LogP contribution in [0.1, 0.15) is 34.6 Å². The highest BCUT2D eigenvalue weighted by Gasteiger charge is 2.74. The number of carboxylic acids is 1. The van der Waals surface area contributed by atoms with E-state index in [1.54, 1.807) is 0 Å². The van der Waals surface area contributed by atoms with Gasteiger partial charge >= 0.3 is 5.97 Å². The fraction of sp³-hybridized carbons (Fsp3) is 0.429. The minimum absolute atomic E-state index is 0.0661. The van der Waals surface area contributed by atoms with Gasteiger partial charge in [0.2, 0.25) is 0 Å². The molecule has 1 unspecified atom stereocenters. The first-order chi connectivity index (χ1) is 9.18. The van der Waals surface area contributed by atoms with Crippen LogP contribution in [0.4, 0.5) is 8.78 Å². The molecule has 0 bridgehead atoms. The molecule has 0 spiro atoms. The molecule has 0 aromatic heterocycles. The highest BCUT2D eigenvalue weighted by molar-refractivity contribution is 5.95. The summed E-state index contributed by atoms with van der Waals surface area (Å²) in [5.41, 5.74) is -0.777. The van der Waals surface area contributed by atoms with E-state index < -0.39 is 29.1 Å². The molecule has 0 radical (unpaired) electrons. The van der Waals surface area contributed by atoms with E-state index in [1.807, 2.05) is 0 Å². The predicted octanol–water partition coefficient (Wildman–Crippen LogP) is 2.41. The Hall–Kier alpha value is -1.98. The zero-order valence-corrected chi connectivity index (χ0v) is 11.1. The van der Waals surface area contributed by atoms with Crippen LogP contribution in [0.15, 0.2) is 24.3 Å². The van der Waals surface area contributed by atoms with Crippen molar-refractivity contribution in [2.24, 2.45) is 11.3 Å². The summed E-state index contributed by atoms with van der Waals surface area (Å²) in [6, 6.07) is 5.31. The Labute approximate surface area is 114 Å². The molecule has 0 heterocycles. The molecule has 2 rings (SSSR count). The van der Waals surface area contributed by atoms with Crippen LogP contribution in [-0.4, -0.2) is 29.5 Å². The van der Waals surface area contributed by atoms with Gasteiger partial charge < -0.3 is 10.4 Å². The van der Waals surface area contributed by atoms with Crippen LogP contribution in [0.2, 0.25) is 0 Å². The third kappa shape index (κ3) is 2.26. The van der Waals surface area contributed by atoms with Crippen LogP contribution in [0.5, 0.6) is 0 Å². The van der Waals surface area contributed by atoms with E-state index >= 15 is 0 Å². The molecule has 1 aliphatic rings. The Morgan fingerprint density at radius 1 is 1.20 bits per heavy atom. The lowest BCUT2D eigenvalue weighted by atomic mass is 10.1. The zero-order chi connectivity index (χ0) is 15.1. The summed E-state index contributed by atoms with van der Waals surface area (Å²) in [6.07, 6.45) is 0. The van der Waals surface area contributed by atoms with Crippen molar-refractivity contribution < 1.29 is 23.5 Å². The smallest absolute Gasteiger partial charge is 0.335 e. The van der Waals surface area contributed by atoms with E-state index in [0.717, 1.165) is 0 Å². The number of amides is 1. The van der Waals surface area contributed by atoms with Crippen molar-refractivity contribution in [2.75, 3.05) is 6.54 Å². The molecular formula is C14H15F2NO3. The van der Waals surface area contributed by atoms with Crippen molar-refractivity contribution in [1.29, 1.82) is 0 Å². The number of carbonyl (C=O) groups is 2. The molecule has 1 amide bonds. The minimum atomic E-state index is -2.76. The van der Waals surface area contributed by atoms with Crippen molar-refractivity contribution >= 4 is 11.9 Å². The highest BCUT2D eigenvalue weighted by atomic mass is 19.3. The van der Waals surface area contributed by atoms with Crippen molar-refractivity contribution in [1.82, 2.24) is 5.32 Å². The van der Waals surface area contributed by atoms with Gasteiger partial charge in [-0.2, -0.15) is 0 Å². The first-order valence-electron chi connectivity index (χ1n) is 6.17. The van der Waals surface area contributed by atoms with E-state index in [9.17, 15) is 18.4 Å². The zero-order valence-electron chi connectivity index (χ0n) is 11.1. The second-order valence-corrected chi connectivity index (χ2v) is 5.49. The van der Waals surface area contributed by atoms with Crippen LogP contribution in [0, 0.1) is 11.3 Å². The van der Waals surface area contributed by atoms with Crippen molar-refractivity contribution in [2.45, 2.75) is 19.8 Å². The summed E-state index contributed by atoms with van der Waals surface area (Å²) >= 11 is 0. The second kappa shape index (κ2) is 4.54. The molecule has 1 fully saturated rings. The van der Waals surface area contributed by atoms with Gasteiger partial charge in [0.25, 0.3) is 11.8 Å². The number of hydrogen-bond acceptors (Lipinski definition) is 2. The van der Waals surface area contributed by atoms with Gasteiger partial charge in [-0.25, -0.2) is 13.6 Å². The Bertz CT molecular complexity index is 538. The number of alkyl halides is 2. The van der Waals surface area contributed by atoms with Gasteiger partial charge in [0.05, 0.1) is 11.5 Å². The predicted molar refractivity (Wildman–Crippen MR) is 68.0 cm³/mol. The highest BCUT2D eigenvalue weighted by Crippen LogP contribution is 2.65. The SMILES string of the molecule is CC1(C)C(CNC(=O)c2ccc(C(=O)O)cc2)C1(F)F. The van der Waals surface area contributed by atoms with Gasteiger partial charge in [-0.05, 0) is 24.3 Å². The van der Waals surface area contributed by atoms with E-state index in [4.69, 9.17) is 5.11 Å². The summed E-state index contributed by atoms with van der Waals surface area (Å²) in [6.45, 7) is 2.83. The van der Waals surface area contributed by atoms with E-state index in [2.05, 4.69) is 5.32 Å². The Morgan fingerprint density at radius 3 is 2.05 bits per heavy atom. The molecule has 0 saturated heterocycles. The number of aromatic carboxylic acids is 1. The number of carbonyl (C=O) groups excluding carboxylic acids is 1. The van der Waals surface area contributed by atoms with E-state index in [0.29, 0.717) is 0 Å². The number of halogens is 2. The minimum Gasteiger partial charge on any atom is -0.478 e. The number of rotatable bonds is 4. The van der Waals surface area contributed by atoms with Gasteiger partial charge in [-0.1, -0.05) is 13.8 Å². The molecule has 0 aliphatic heterocycles. The van der Waals surface area contributed by atoms with Crippen LogP contribution < -0.4 is 5.32 Å². The lowest BCUT2D eigenvalue weighted by Crippen LogP contribution is -2.27. The topological polar surface area (TPSA) is 66.4 Å². The second-order valence-electron chi connectivity index (χ2n) is 5.49. The number of nitrogens with one attached hydrogen (secondary N) is 1. The molecule has 1 aromatic rings. The molecule has 20 heavy (non-hydrogen) atoms. The monoisotopic (exact) mass is 283 g/mol. The Balaban J connectivity index is 1.95. The first kappa shape index (κ1) is 14.4. The van der Waals surface area contributed by atoms with Gasteiger partial charge in [0.15, 0.2) is 0 Å². The Morgan fingerprint density at radius 2 is 1.65 bits per heavy atom. The van der Waals surface area contributed by atoms with Crippen LogP contribution >= 0.6 is 0 Å². The largest absolute Gasteiger partial charge is 0.478 e. The summed E-state index contributed by atoms with van der Waals surface area (Å²) < 4.78 is 26.7. The third-order valence-electron chi connectivity index (χ3n) is 3.95. The molecule has 1 aliphatic carbocycles. The third-order valence-corrected chi connectivity index (χ3v) is 3.95. The average molecular weight is 283 g/mol. The van der Waals surface area contributed by atoms with Gasteiger partial charge in [0, 0.05) is 17.5 Å². The number of hydrogen-bond donors (Lipinski definition) is 2. The maximum Gasteiger partial charge on any atom is 0.335 e. The van der Waals surface area contributed by atoms with Gasteiger partial charge in [-0.3, -0.25) is 4.79 Å². The lowest BCUT2D eigenvalue weighted by Gasteiger charge is -2.05. The standard InChI is InChI=1S/C14H15F2NO3/c1-13(2)10(14(13,15)16)7-17-11(18)8-3-5-9(6-4-8)12(19)20/h3-6,10H,7H2,1-2H3,(H,17,18)(H,19,20). The van der Waals surface area contributed by atoms with Gasteiger partial charge in [0.1, 0.15) is 0 Å². The summed E-state index contributed by atoms with van der Waals surface area (Å²) in [7, 11) is 0. The summed E-state index contributed by atoms with van der Waals surface area (Å²) in [4.78, 5) is 22.4. The molecule has 1 saturated carbocycles. The molecule has 1 aromatic carbocycles. The summed E-state index contributed by atoms with van der Waals surface area (Å²) in [5.74, 6) is -5.19. The average Bonchev–Trinajstić information content (AvgIpc) is 2.77. The maximum atomic E-state index is 13.4. The maximum absolute atomic E-state index is 13.4. The Kier molecular flexibility index (Phi) is 3.28. The molecule has 6 heteroatoms. The molecule has 1 atom stereocenters. The van der Waals surface area contributed by atoms with Crippen molar-refractivity contribution in [3.8, 4) is 0 Å². The van der Waals surface area contributed by atoms with Crippen LogP contribution in [-0.2, 0) is 0 Å². The van der Waals surface area contributed by atoms with Crippen LogP contribution in [0.25, 0.3) is 0 Å².